The third kappa shape index (κ3) is 5.23. The molecule has 2 aromatic heterocycles. The molecule has 11 heteroatoms. The summed E-state index contributed by atoms with van der Waals surface area (Å²) in [6.07, 6.45) is 5.18. The van der Waals surface area contributed by atoms with Crippen molar-refractivity contribution in [1.82, 2.24) is 25.2 Å². The Kier molecular flexibility index (Phi) is 7.22. The van der Waals surface area contributed by atoms with Gasteiger partial charge in [-0.2, -0.15) is 9.97 Å². The van der Waals surface area contributed by atoms with Gasteiger partial charge >= 0.3 is 6.01 Å². The molecular weight excluding hydrogens is 537 g/mol. The molecule has 0 unspecified atom stereocenters. The van der Waals surface area contributed by atoms with E-state index in [0.717, 1.165) is 30.9 Å². The average Bonchev–Trinajstić information content (AvgIpc) is 3.41. The van der Waals surface area contributed by atoms with E-state index >= 15 is 4.39 Å². The normalized spacial score (nSPS) is 18.8. The van der Waals surface area contributed by atoms with E-state index in [1.54, 1.807) is 12.1 Å². The van der Waals surface area contributed by atoms with Crippen LogP contribution in [-0.4, -0.2) is 73.3 Å². The van der Waals surface area contributed by atoms with E-state index in [1.165, 1.54) is 57.2 Å². The fraction of sp³-hybridized carbons (Fsp3) is 0.464. The Bertz CT molecular complexity index is 1520. The summed E-state index contributed by atoms with van der Waals surface area (Å²) in [6.45, 7) is 6.07. The fourth-order valence-electron chi connectivity index (χ4n) is 5.58. The van der Waals surface area contributed by atoms with Crippen LogP contribution in [0.2, 0.25) is 5.02 Å². The largest absolute Gasteiger partial charge is 0.467 e. The minimum Gasteiger partial charge on any atom is -0.467 e. The average molecular weight is 570 g/mol. The quantitative estimate of drug-likeness (QED) is 0.348. The smallest absolute Gasteiger partial charge is 0.318 e. The van der Waals surface area contributed by atoms with Crippen LogP contribution in [0.5, 0.6) is 6.01 Å². The van der Waals surface area contributed by atoms with Gasteiger partial charge in [0.25, 0.3) is 0 Å². The molecule has 2 aliphatic heterocycles. The summed E-state index contributed by atoms with van der Waals surface area (Å²) in [5, 5.41) is 4.79. The van der Waals surface area contributed by atoms with Gasteiger partial charge in [0.1, 0.15) is 11.3 Å². The van der Waals surface area contributed by atoms with E-state index in [9.17, 15) is 0 Å². The summed E-state index contributed by atoms with van der Waals surface area (Å²) in [5.74, 6) is 0.128. The maximum absolute atomic E-state index is 16.1. The maximum Gasteiger partial charge on any atom is 0.318 e. The number of benzene rings is 2. The Morgan fingerprint density at radius 3 is 2.62 bits per heavy atom. The molecule has 2 aromatic carbocycles. The van der Waals surface area contributed by atoms with E-state index in [4.69, 9.17) is 22.1 Å². The topological polar surface area (TPSA) is 92.4 Å². The van der Waals surface area contributed by atoms with Gasteiger partial charge in [-0.3, -0.25) is 0 Å². The number of hydrogen-bond donors (Lipinski definition) is 2. The molecule has 7 rings (SSSR count). The molecule has 1 aliphatic carbocycles. The zero-order chi connectivity index (χ0) is 27.1. The Balaban J connectivity index is 0.000000410. The van der Waals surface area contributed by atoms with Gasteiger partial charge in [0.05, 0.1) is 22.3 Å². The molecule has 8 nitrogen and oxygen atoms in total. The predicted molar refractivity (Wildman–Crippen MR) is 158 cm³/mol. The molecule has 206 valence electrons. The van der Waals surface area contributed by atoms with Gasteiger partial charge in [-0.05, 0) is 58.0 Å². The number of aromatic nitrogens is 3. The van der Waals surface area contributed by atoms with Crippen molar-refractivity contribution in [2.24, 2.45) is 5.41 Å². The zero-order valence-corrected chi connectivity index (χ0v) is 23.8. The second-order valence-electron chi connectivity index (χ2n) is 10.8. The van der Waals surface area contributed by atoms with Gasteiger partial charge in [-0.25, -0.2) is 9.37 Å². The second-order valence-corrected chi connectivity index (χ2v) is 12.3. The van der Waals surface area contributed by atoms with Gasteiger partial charge in [0, 0.05) is 48.1 Å². The SMILES string of the molecule is CN1CCCC1.COc1nc(N2CCNCC3(CC3)C2)c2cc(Cl)c(-c3cccc4sc(N)nc34)c(F)c2n1. The van der Waals surface area contributed by atoms with Crippen LogP contribution in [-0.2, 0) is 0 Å². The summed E-state index contributed by atoms with van der Waals surface area (Å²) in [4.78, 5) is 18.0. The highest BCUT2D eigenvalue weighted by atomic mass is 35.5. The number of likely N-dealkylation sites (tertiary alicyclic amines) is 1. The molecule has 3 fully saturated rings. The minimum atomic E-state index is -0.521. The van der Waals surface area contributed by atoms with Crippen molar-refractivity contribution >= 4 is 55.0 Å². The van der Waals surface area contributed by atoms with Crippen molar-refractivity contribution in [1.29, 1.82) is 0 Å². The van der Waals surface area contributed by atoms with Crippen molar-refractivity contribution in [2.75, 3.05) is 64.1 Å². The number of halogens is 2. The number of nitrogens with one attached hydrogen (secondary N) is 1. The van der Waals surface area contributed by atoms with Crippen LogP contribution in [0.1, 0.15) is 25.7 Å². The molecule has 1 saturated carbocycles. The first-order valence-corrected chi connectivity index (χ1v) is 14.6. The highest BCUT2D eigenvalue weighted by molar-refractivity contribution is 7.22. The predicted octanol–water partition coefficient (Wildman–Crippen LogP) is 5.19. The zero-order valence-electron chi connectivity index (χ0n) is 22.3. The summed E-state index contributed by atoms with van der Waals surface area (Å²) in [6, 6.07) is 7.44. The summed E-state index contributed by atoms with van der Waals surface area (Å²) < 4.78 is 22.4. The number of nitrogens with two attached hydrogens (primary N) is 1. The van der Waals surface area contributed by atoms with Crippen molar-refractivity contribution in [3.8, 4) is 17.1 Å². The molecule has 0 radical (unpaired) electrons. The molecule has 3 aliphatic rings. The number of thiazole rings is 1. The van der Waals surface area contributed by atoms with E-state index in [-0.39, 0.29) is 27.5 Å². The Morgan fingerprint density at radius 2 is 1.92 bits per heavy atom. The van der Waals surface area contributed by atoms with Crippen molar-refractivity contribution < 1.29 is 9.13 Å². The first kappa shape index (κ1) is 26.4. The minimum absolute atomic E-state index is 0.128. The molecule has 0 bridgehead atoms. The van der Waals surface area contributed by atoms with Crippen LogP contribution >= 0.6 is 22.9 Å². The number of nitrogens with zero attached hydrogens (tertiary/aromatic N) is 5. The number of rotatable bonds is 3. The maximum atomic E-state index is 16.1. The number of methoxy groups -OCH3 is 1. The third-order valence-electron chi connectivity index (χ3n) is 7.90. The summed E-state index contributed by atoms with van der Waals surface area (Å²) >= 11 is 8.08. The van der Waals surface area contributed by atoms with Gasteiger partial charge in [-0.1, -0.05) is 35.1 Å². The van der Waals surface area contributed by atoms with E-state index < -0.39 is 5.82 Å². The lowest BCUT2D eigenvalue weighted by Gasteiger charge is -2.26. The number of nitrogen functional groups attached to an aromatic ring is 1. The van der Waals surface area contributed by atoms with Crippen LogP contribution in [0.4, 0.5) is 15.3 Å². The van der Waals surface area contributed by atoms with Crippen molar-refractivity contribution in [3.63, 3.8) is 0 Å². The van der Waals surface area contributed by atoms with Crippen LogP contribution in [0, 0.1) is 11.2 Å². The Morgan fingerprint density at radius 1 is 1.13 bits per heavy atom. The molecule has 3 N–H and O–H groups in total. The molecular formula is C28H33ClFN7OS. The van der Waals surface area contributed by atoms with Gasteiger partial charge in [0.15, 0.2) is 10.9 Å². The molecule has 4 heterocycles. The standard InChI is InChI=1S/C23H22ClFN6OS.C5H11N/c1-32-22-29-19-13(20(30-22)31-8-7-27-10-23(11-31)5-6-23)9-14(24)16(17(19)25)12-3-2-4-15-18(12)28-21(26)33-15;1-6-4-2-3-5-6/h2-4,9,27H,5-8,10-11H2,1H3,(H2,26,28);2-5H2,1H3. The Hall–Kier alpha value is -2.79. The van der Waals surface area contributed by atoms with Gasteiger partial charge in [0.2, 0.25) is 0 Å². The van der Waals surface area contributed by atoms with Gasteiger partial charge < -0.3 is 25.6 Å². The lowest BCUT2D eigenvalue weighted by Crippen LogP contribution is -2.32. The summed E-state index contributed by atoms with van der Waals surface area (Å²) in [5.41, 5.74) is 7.81. The highest BCUT2D eigenvalue weighted by Gasteiger charge is 2.45. The van der Waals surface area contributed by atoms with E-state index in [1.807, 2.05) is 12.1 Å². The van der Waals surface area contributed by atoms with Crippen molar-refractivity contribution in [2.45, 2.75) is 25.7 Å². The van der Waals surface area contributed by atoms with E-state index in [2.05, 4.69) is 37.1 Å². The molecule has 1 spiro atoms. The summed E-state index contributed by atoms with van der Waals surface area (Å²) in [7, 11) is 3.66. The number of ether oxygens (including phenoxy) is 1. The first-order valence-electron chi connectivity index (χ1n) is 13.4. The lowest BCUT2D eigenvalue weighted by molar-refractivity contribution is 0.381. The molecule has 39 heavy (non-hydrogen) atoms. The Labute approximate surface area is 236 Å². The van der Waals surface area contributed by atoms with Gasteiger partial charge in [-0.15, -0.1) is 0 Å². The van der Waals surface area contributed by atoms with Crippen LogP contribution in [0.3, 0.4) is 0 Å². The van der Waals surface area contributed by atoms with Crippen LogP contribution < -0.4 is 20.7 Å². The number of hydrogen-bond acceptors (Lipinski definition) is 9. The molecule has 0 atom stereocenters. The lowest BCUT2D eigenvalue weighted by atomic mass is 10.0. The molecule has 0 amide bonds. The van der Waals surface area contributed by atoms with Crippen LogP contribution in [0.15, 0.2) is 24.3 Å². The van der Waals surface area contributed by atoms with Crippen molar-refractivity contribution in [3.05, 3.63) is 35.1 Å². The highest BCUT2D eigenvalue weighted by Crippen LogP contribution is 2.48. The van der Waals surface area contributed by atoms with E-state index in [0.29, 0.717) is 27.4 Å². The fourth-order valence-corrected chi connectivity index (χ4v) is 6.64. The van der Waals surface area contributed by atoms with Crippen LogP contribution in [0.25, 0.3) is 32.2 Å². The number of fused-ring (bicyclic) bond motifs is 2. The second kappa shape index (κ2) is 10.6. The molecule has 4 aromatic rings. The molecule has 2 saturated heterocycles. The first-order chi connectivity index (χ1) is 18.9. The number of para-hydroxylation sites is 1. The monoisotopic (exact) mass is 569 g/mol. The number of anilines is 2. The third-order valence-corrected chi connectivity index (χ3v) is 9.05.